The van der Waals surface area contributed by atoms with E-state index in [0.29, 0.717) is 5.82 Å². The molecule has 0 aliphatic rings. The van der Waals surface area contributed by atoms with Gasteiger partial charge in [0, 0.05) is 18.0 Å². The van der Waals surface area contributed by atoms with E-state index in [1.807, 2.05) is 6.92 Å². The highest BCUT2D eigenvalue weighted by Gasteiger charge is 2.15. The predicted molar refractivity (Wildman–Crippen MR) is 56.3 cm³/mol. The number of nitrogens with zero attached hydrogens (tertiary/aromatic N) is 3. The van der Waals surface area contributed by atoms with Crippen molar-refractivity contribution in [2.45, 2.75) is 13.0 Å². The van der Waals surface area contributed by atoms with Crippen LogP contribution < -0.4 is 5.73 Å². The molecule has 0 saturated heterocycles. The molecule has 0 aliphatic carbocycles. The first kappa shape index (κ1) is 10.7. The summed E-state index contributed by atoms with van der Waals surface area (Å²) >= 11 is 0. The van der Waals surface area contributed by atoms with Crippen LogP contribution in [-0.4, -0.2) is 26.8 Å². The third kappa shape index (κ3) is 1.93. The molecule has 0 saturated carbocycles. The highest BCUT2D eigenvalue weighted by atomic mass is 16.5. The predicted octanol–water partition coefficient (Wildman–Crippen LogP) is 0.432. The van der Waals surface area contributed by atoms with Crippen LogP contribution in [0.25, 0.3) is 11.4 Å². The van der Waals surface area contributed by atoms with Crippen molar-refractivity contribution in [1.29, 1.82) is 0 Å². The summed E-state index contributed by atoms with van der Waals surface area (Å²) in [6.07, 6.45) is 3.38. The van der Waals surface area contributed by atoms with Gasteiger partial charge in [-0.15, -0.1) is 0 Å². The number of aryl methyl sites for hydroxylation is 1. The Morgan fingerprint density at radius 1 is 1.56 bits per heavy atom. The van der Waals surface area contributed by atoms with Crippen molar-refractivity contribution in [2.24, 2.45) is 5.73 Å². The molecular formula is C10H12N4O2. The Morgan fingerprint density at radius 3 is 3.06 bits per heavy atom. The molecule has 1 atom stereocenters. The molecule has 2 heterocycles. The average Bonchev–Trinajstić information content (AvgIpc) is 2.78. The Hall–Kier alpha value is -1.79. The van der Waals surface area contributed by atoms with Crippen LogP contribution in [0.1, 0.15) is 17.5 Å². The van der Waals surface area contributed by atoms with Crippen LogP contribution >= 0.6 is 0 Å². The largest absolute Gasteiger partial charge is 0.394 e. The number of nitrogens with two attached hydrogens (primary N) is 1. The number of aliphatic hydroxyl groups is 1. The zero-order valence-electron chi connectivity index (χ0n) is 8.79. The molecule has 6 heteroatoms. The van der Waals surface area contributed by atoms with Gasteiger partial charge in [-0.2, -0.15) is 4.98 Å². The third-order valence-electron chi connectivity index (χ3n) is 2.22. The van der Waals surface area contributed by atoms with E-state index in [1.54, 1.807) is 18.5 Å². The first-order valence-corrected chi connectivity index (χ1v) is 4.83. The number of hydrogen-bond acceptors (Lipinski definition) is 6. The molecule has 0 amide bonds. The van der Waals surface area contributed by atoms with E-state index < -0.39 is 6.04 Å². The molecule has 0 aliphatic heterocycles. The van der Waals surface area contributed by atoms with Gasteiger partial charge in [0.05, 0.1) is 6.61 Å². The van der Waals surface area contributed by atoms with Crippen LogP contribution in [0, 0.1) is 6.92 Å². The number of aliphatic hydroxyl groups excluding tert-OH is 1. The molecule has 0 spiro atoms. The fraction of sp³-hybridized carbons (Fsp3) is 0.300. The topological polar surface area (TPSA) is 98.1 Å². The molecule has 3 N–H and O–H groups in total. The summed E-state index contributed by atoms with van der Waals surface area (Å²) in [6, 6.07) is 1.16. The Kier molecular flexibility index (Phi) is 2.93. The second-order valence-corrected chi connectivity index (χ2v) is 3.44. The van der Waals surface area contributed by atoms with Gasteiger partial charge in [0.1, 0.15) is 6.04 Å². The molecular weight excluding hydrogens is 208 g/mol. The second kappa shape index (κ2) is 4.38. The summed E-state index contributed by atoms with van der Waals surface area (Å²) in [5, 5.41) is 12.7. The lowest BCUT2D eigenvalue weighted by Crippen LogP contribution is -2.14. The number of hydrogen-bond donors (Lipinski definition) is 2. The molecule has 2 aromatic rings. The minimum Gasteiger partial charge on any atom is -0.394 e. The van der Waals surface area contributed by atoms with E-state index in [0.717, 1.165) is 11.1 Å². The van der Waals surface area contributed by atoms with Gasteiger partial charge in [0.2, 0.25) is 11.7 Å². The first-order valence-electron chi connectivity index (χ1n) is 4.83. The van der Waals surface area contributed by atoms with Crippen LogP contribution in [0.3, 0.4) is 0 Å². The Labute approximate surface area is 92.1 Å². The second-order valence-electron chi connectivity index (χ2n) is 3.44. The SMILES string of the molecule is Cc1cnccc1-c1noc([C@H](N)CO)n1. The van der Waals surface area contributed by atoms with Gasteiger partial charge >= 0.3 is 0 Å². The van der Waals surface area contributed by atoms with Gasteiger partial charge in [0.15, 0.2) is 0 Å². The molecule has 2 aromatic heterocycles. The molecule has 0 fully saturated rings. The van der Waals surface area contributed by atoms with Crippen LogP contribution in [0.5, 0.6) is 0 Å². The Bertz CT molecular complexity index is 483. The lowest BCUT2D eigenvalue weighted by atomic mass is 10.1. The van der Waals surface area contributed by atoms with Crippen LogP contribution in [0.2, 0.25) is 0 Å². The fourth-order valence-corrected chi connectivity index (χ4v) is 1.30. The molecule has 84 valence electrons. The van der Waals surface area contributed by atoms with Crippen molar-refractivity contribution in [2.75, 3.05) is 6.61 Å². The molecule has 0 aromatic carbocycles. The zero-order valence-corrected chi connectivity index (χ0v) is 8.79. The maximum absolute atomic E-state index is 8.86. The maximum atomic E-state index is 8.86. The monoisotopic (exact) mass is 220 g/mol. The summed E-state index contributed by atoms with van der Waals surface area (Å²) in [6.45, 7) is 1.68. The van der Waals surface area contributed by atoms with Crippen molar-refractivity contribution in [3.05, 3.63) is 29.9 Å². The maximum Gasteiger partial charge on any atom is 0.246 e. The summed E-state index contributed by atoms with van der Waals surface area (Å²) < 4.78 is 4.96. The summed E-state index contributed by atoms with van der Waals surface area (Å²) in [5.41, 5.74) is 7.36. The quantitative estimate of drug-likeness (QED) is 0.778. The summed E-state index contributed by atoms with van der Waals surface area (Å²) in [4.78, 5) is 8.10. The molecule has 0 bridgehead atoms. The van der Waals surface area contributed by atoms with E-state index in [9.17, 15) is 0 Å². The third-order valence-corrected chi connectivity index (χ3v) is 2.22. The van der Waals surface area contributed by atoms with E-state index in [4.69, 9.17) is 15.4 Å². The highest BCUT2D eigenvalue weighted by molar-refractivity contribution is 5.57. The minimum atomic E-state index is -0.636. The summed E-state index contributed by atoms with van der Waals surface area (Å²) in [7, 11) is 0. The minimum absolute atomic E-state index is 0.225. The van der Waals surface area contributed by atoms with E-state index >= 15 is 0 Å². The van der Waals surface area contributed by atoms with Gasteiger partial charge in [-0.05, 0) is 18.6 Å². The Balaban J connectivity index is 2.35. The van der Waals surface area contributed by atoms with Crippen LogP contribution in [-0.2, 0) is 0 Å². The van der Waals surface area contributed by atoms with Gasteiger partial charge < -0.3 is 15.4 Å². The van der Waals surface area contributed by atoms with Gasteiger partial charge in [-0.3, -0.25) is 4.98 Å². The lowest BCUT2D eigenvalue weighted by molar-refractivity contribution is 0.237. The van der Waals surface area contributed by atoms with Crippen LogP contribution in [0.15, 0.2) is 23.0 Å². The first-order chi connectivity index (χ1) is 7.72. The van der Waals surface area contributed by atoms with Crippen molar-refractivity contribution >= 4 is 0 Å². The van der Waals surface area contributed by atoms with Crippen molar-refractivity contribution in [3.8, 4) is 11.4 Å². The van der Waals surface area contributed by atoms with E-state index in [2.05, 4.69) is 15.1 Å². The molecule has 0 radical (unpaired) electrons. The van der Waals surface area contributed by atoms with E-state index in [1.165, 1.54) is 0 Å². The number of aromatic nitrogens is 3. The fourth-order valence-electron chi connectivity index (χ4n) is 1.30. The standard InChI is InChI=1S/C10H12N4O2/c1-6-4-12-3-2-7(6)9-13-10(16-14-9)8(11)5-15/h2-4,8,15H,5,11H2,1H3/t8-/m1/s1. The average molecular weight is 220 g/mol. The summed E-state index contributed by atoms with van der Waals surface area (Å²) in [5.74, 6) is 0.688. The van der Waals surface area contributed by atoms with Gasteiger partial charge in [-0.1, -0.05) is 5.16 Å². The highest BCUT2D eigenvalue weighted by Crippen LogP contribution is 2.20. The molecule has 6 nitrogen and oxygen atoms in total. The van der Waals surface area contributed by atoms with Crippen molar-refractivity contribution in [1.82, 2.24) is 15.1 Å². The smallest absolute Gasteiger partial charge is 0.246 e. The van der Waals surface area contributed by atoms with Crippen molar-refractivity contribution in [3.63, 3.8) is 0 Å². The molecule has 0 unspecified atom stereocenters. The van der Waals surface area contributed by atoms with Gasteiger partial charge in [-0.25, -0.2) is 0 Å². The number of rotatable bonds is 3. The lowest BCUT2D eigenvalue weighted by Gasteiger charge is -1.99. The van der Waals surface area contributed by atoms with E-state index in [-0.39, 0.29) is 12.5 Å². The van der Waals surface area contributed by atoms with Crippen molar-refractivity contribution < 1.29 is 9.63 Å². The number of pyridine rings is 1. The van der Waals surface area contributed by atoms with Gasteiger partial charge in [0.25, 0.3) is 0 Å². The Morgan fingerprint density at radius 2 is 2.38 bits per heavy atom. The molecule has 2 rings (SSSR count). The van der Waals surface area contributed by atoms with Crippen LogP contribution in [0.4, 0.5) is 0 Å². The molecule has 16 heavy (non-hydrogen) atoms. The normalized spacial score (nSPS) is 12.7. The zero-order chi connectivity index (χ0) is 11.5.